The largest absolute Gasteiger partial charge is 0.479 e. The van der Waals surface area contributed by atoms with Gasteiger partial charge in [0, 0.05) is 5.56 Å². The van der Waals surface area contributed by atoms with E-state index < -0.39 is 0 Å². The zero-order chi connectivity index (χ0) is 13.1. The zero-order valence-electron chi connectivity index (χ0n) is 10.3. The highest BCUT2D eigenvalue weighted by atomic mass is 32.1. The van der Waals surface area contributed by atoms with Crippen LogP contribution < -0.4 is 4.74 Å². The predicted octanol–water partition coefficient (Wildman–Crippen LogP) is 3.28. The van der Waals surface area contributed by atoms with Crippen molar-refractivity contribution in [3.63, 3.8) is 0 Å². The van der Waals surface area contributed by atoms with Gasteiger partial charge in [0.05, 0.1) is 12.0 Å². The maximum atomic E-state index is 5.33. The molecule has 2 aromatic heterocycles. The predicted molar refractivity (Wildman–Crippen MR) is 75.1 cm³/mol. The van der Waals surface area contributed by atoms with Crippen molar-refractivity contribution in [3.05, 3.63) is 47.8 Å². The Hall–Kier alpha value is -2.27. The van der Waals surface area contributed by atoms with Gasteiger partial charge in [0.25, 0.3) is 0 Å². The molecule has 0 spiro atoms. The number of ether oxygens (including phenoxy) is 1. The second kappa shape index (κ2) is 5.16. The highest BCUT2D eigenvalue weighted by Gasteiger charge is 2.13. The van der Waals surface area contributed by atoms with Gasteiger partial charge in [-0.25, -0.2) is 0 Å². The van der Waals surface area contributed by atoms with Crippen molar-refractivity contribution in [2.75, 3.05) is 7.11 Å². The molecule has 0 aliphatic carbocycles. The number of hydrogen-bond donors (Lipinski definition) is 0. The number of benzene rings is 1. The first-order valence-electron chi connectivity index (χ1n) is 5.76. The van der Waals surface area contributed by atoms with Gasteiger partial charge >= 0.3 is 0 Å². The lowest BCUT2D eigenvalue weighted by atomic mass is 10.1. The van der Waals surface area contributed by atoms with Crippen LogP contribution in [-0.4, -0.2) is 22.3 Å². The van der Waals surface area contributed by atoms with Gasteiger partial charge in [-0.2, -0.15) is 4.98 Å². The quantitative estimate of drug-likeness (QED) is 0.732. The van der Waals surface area contributed by atoms with E-state index in [1.807, 2.05) is 47.8 Å². The standard InChI is InChI=1S/C14H11N3OS/c1-18-14-12(10-6-3-2-4-7-10)16-17-13(15-14)11-8-5-9-19-11/h2-9H,1H3. The van der Waals surface area contributed by atoms with E-state index in [-0.39, 0.29) is 0 Å². The van der Waals surface area contributed by atoms with Crippen LogP contribution in [0.2, 0.25) is 0 Å². The molecule has 3 aromatic rings. The minimum absolute atomic E-state index is 0.490. The number of thiophene rings is 1. The van der Waals surface area contributed by atoms with Crippen LogP contribution in [-0.2, 0) is 0 Å². The Morgan fingerprint density at radius 2 is 1.84 bits per heavy atom. The number of nitrogens with zero attached hydrogens (tertiary/aromatic N) is 3. The molecule has 0 aliphatic rings. The molecule has 0 fully saturated rings. The molecule has 1 aromatic carbocycles. The lowest BCUT2D eigenvalue weighted by Crippen LogP contribution is -1.99. The maximum Gasteiger partial charge on any atom is 0.244 e. The molecule has 19 heavy (non-hydrogen) atoms. The van der Waals surface area contributed by atoms with Gasteiger partial charge in [0.1, 0.15) is 0 Å². The molecule has 0 atom stereocenters. The number of rotatable bonds is 3. The fourth-order valence-electron chi connectivity index (χ4n) is 1.74. The van der Waals surface area contributed by atoms with Gasteiger partial charge in [-0.05, 0) is 11.4 Å². The van der Waals surface area contributed by atoms with Crippen molar-refractivity contribution in [2.24, 2.45) is 0 Å². The second-order valence-electron chi connectivity index (χ2n) is 3.84. The minimum Gasteiger partial charge on any atom is -0.479 e. The van der Waals surface area contributed by atoms with E-state index >= 15 is 0 Å². The van der Waals surface area contributed by atoms with Crippen LogP contribution >= 0.6 is 11.3 Å². The molecule has 0 bridgehead atoms. The number of methoxy groups -OCH3 is 1. The molecule has 4 nitrogen and oxygen atoms in total. The Balaban J connectivity index is 2.08. The van der Waals surface area contributed by atoms with E-state index in [1.165, 1.54) is 0 Å². The first-order valence-corrected chi connectivity index (χ1v) is 6.64. The van der Waals surface area contributed by atoms with Crippen LogP contribution in [0.4, 0.5) is 0 Å². The van der Waals surface area contributed by atoms with Gasteiger partial charge in [-0.3, -0.25) is 0 Å². The monoisotopic (exact) mass is 269 g/mol. The van der Waals surface area contributed by atoms with Crippen LogP contribution in [0.25, 0.3) is 22.0 Å². The third-order valence-electron chi connectivity index (χ3n) is 2.64. The normalized spacial score (nSPS) is 10.4. The lowest BCUT2D eigenvalue weighted by molar-refractivity contribution is 0.396. The molecule has 3 rings (SSSR count). The van der Waals surface area contributed by atoms with E-state index in [0.717, 1.165) is 10.4 Å². The van der Waals surface area contributed by atoms with Gasteiger partial charge in [0.2, 0.25) is 5.88 Å². The van der Waals surface area contributed by atoms with Crippen molar-refractivity contribution in [1.29, 1.82) is 0 Å². The van der Waals surface area contributed by atoms with Gasteiger partial charge in [-0.1, -0.05) is 36.4 Å². The van der Waals surface area contributed by atoms with Crippen LogP contribution in [0.15, 0.2) is 47.8 Å². The molecule has 94 valence electrons. The van der Waals surface area contributed by atoms with E-state index in [4.69, 9.17) is 4.74 Å². The van der Waals surface area contributed by atoms with Crippen molar-refractivity contribution in [3.8, 4) is 27.8 Å². The summed E-state index contributed by atoms with van der Waals surface area (Å²) in [5, 5.41) is 10.4. The molecular weight excluding hydrogens is 258 g/mol. The van der Waals surface area contributed by atoms with E-state index in [9.17, 15) is 0 Å². The smallest absolute Gasteiger partial charge is 0.244 e. The van der Waals surface area contributed by atoms with Crippen LogP contribution in [0.3, 0.4) is 0 Å². The summed E-state index contributed by atoms with van der Waals surface area (Å²) in [6.07, 6.45) is 0. The van der Waals surface area contributed by atoms with E-state index in [2.05, 4.69) is 15.2 Å². The van der Waals surface area contributed by atoms with Gasteiger partial charge in [-0.15, -0.1) is 21.5 Å². The Morgan fingerprint density at radius 3 is 2.53 bits per heavy atom. The molecular formula is C14H11N3OS. The Labute approximate surface area is 114 Å². The molecule has 0 aliphatic heterocycles. The molecule has 0 unspecified atom stereocenters. The summed E-state index contributed by atoms with van der Waals surface area (Å²) >= 11 is 1.58. The van der Waals surface area contributed by atoms with Crippen LogP contribution in [0, 0.1) is 0 Å². The highest BCUT2D eigenvalue weighted by Crippen LogP contribution is 2.28. The van der Waals surface area contributed by atoms with Gasteiger partial charge < -0.3 is 4.74 Å². The lowest BCUT2D eigenvalue weighted by Gasteiger charge is -2.06. The highest BCUT2D eigenvalue weighted by molar-refractivity contribution is 7.13. The van der Waals surface area contributed by atoms with Crippen LogP contribution in [0.1, 0.15) is 0 Å². The fourth-order valence-corrected chi connectivity index (χ4v) is 2.39. The Morgan fingerprint density at radius 1 is 1.00 bits per heavy atom. The third kappa shape index (κ3) is 2.32. The third-order valence-corrected chi connectivity index (χ3v) is 3.50. The summed E-state index contributed by atoms with van der Waals surface area (Å²) in [5.74, 6) is 1.08. The average molecular weight is 269 g/mol. The molecule has 0 amide bonds. The van der Waals surface area contributed by atoms with Crippen molar-refractivity contribution in [2.45, 2.75) is 0 Å². The molecule has 0 N–H and O–H groups in total. The fraction of sp³-hybridized carbons (Fsp3) is 0.0714. The summed E-state index contributed by atoms with van der Waals surface area (Å²) in [5.41, 5.74) is 1.60. The van der Waals surface area contributed by atoms with Crippen LogP contribution in [0.5, 0.6) is 5.88 Å². The van der Waals surface area contributed by atoms with Crippen molar-refractivity contribution >= 4 is 11.3 Å². The van der Waals surface area contributed by atoms with E-state index in [0.29, 0.717) is 17.4 Å². The zero-order valence-corrected chi connectivity index (χ0v) is 11.1. The number of aromatic nitrogens is 3. The average Bonchev–Trinajstić information content (AvgIpc) is 3.02. The summed E-state index contributed by atoms with van der Waals surface area (Å²) in [6, 6.07) is 13.7. The molecule has 0 radical (unpaired) electrons. The summed E-state index contributed by atoms with van der Waals surface area (Å²) in [7, 11) is 1.59. The molecule has 5 heteroatoms. The van der Waals surface area contributed by atoms with E-state index in [1.54, 1.807) is 18.4 Å². The number of hydrogen-bond acceptors (Lipinski definition) is 5. The summed E-state index contributed by atoms with van der Waals surface area (Å²) < 4.78 is 5.33. The molecule has 2 heterocycles. The SMILES string of the molecule is COc1nc(-c2cccs2)nnc1-c1ccccc1. The summed E-state index contributed by atoms with van der Waals surface area (Å²) in [4.78, 5) is 5.40. The topological polar surface area (TPSA) is 47.9 Å². The second-order valence-corrected chi connectivity index (χ2v) is 4.78. The maximum absolute atomic E-state index is 5.33. The minimum atomic E-state index is 0.490. The Bertz CT molecular complexity index is 668. The first-order chi connectivity index (χ1) is 9.38. The Kier molecular flexibility index (Phi) is 3.20. The van der Waals surface area contributed by atoms with Crippen molar-refractivity contribution in [1.82, 2.24) is 15.2 Å². The van der Waals surface area contributed by atoms with Crippen molar-refractivity contribution < 1.29 is 4.74 Å². The molecule has 0 saturated heterocycles. The first kappa shape index (κ1) is 11.8. The van der Waals surface area contributed by atoms with Gasteiger partial charge in [0.15, 0.2) is 11.5 Å². The molecule has 0 saturated carbocycles. The summed E-state index contributed by atoms with van der Waals surface area (Å²) in [6.45, 7) is 0.